The van der Waals surface area contributed by atoms with Crippen molar-refractivity contribution in [3.8, 4) is 11.5 Å². The summed E-state index contributed by atoms with van der Waals surface area (Å²) in [6, 6.07) is 15.9. The van der Waals surface area contributed by atoms with E-state index in [1.165, 1.54) is 25.1 Å². The van der Waals surface area contributed by atoms with Crippen LogP contribution in [-0.4, -0.2) is 18.0 Å². The highest BCUT2D eigenvalue weighted by Gasteiger charge is 2.21. The van der Waals surface area contributed by atoms with E-state index in [0.29, 0.717) is 0 Å². The molecule has 3 heteroatoms. The monoisotopic (exact) mass is 329 g/mol. The number of hydrogen-bond donors (Lipinski definition) is 0. The fraction of sp³-hybridized carbons (Fsp3) is 0.400. The Morgan fingerprint density at radius 3 is 2.39 bits per heavy atom. The second kappa shape index (κ2) is 7.37. The summed E-state index contributed by atoms with van der Waals surface area (Å²) in [5, 5.41) is 0.722. The van der Waals surface area contributed by atoms with E-state index in [2.05, 4.69) is 36.9 Å². The Morgan fingerprint density at radius 2 is 1.70 bits per heavy atom. The lowest BCUT2D eigenvalue weighted by molar-refractivity contribution is 0.134. The summed E-state index contributed by atoms with van der Waals surface area (Å²) in [6.07, 6.45) is 1.34. The second-order valence-corrected chi connectivity index (χ2v) is 7.28. The first-order valence-corrected chi connectivity index (χ1v) is 8.71. The maximum absolute atomic E-state index is 5.93. The second-order valence-electron chi connectivity index (χ2n) is 6.84. The molecule has 122 valence electrons. The molecular weight excluding hydrogens is 306 g/mol. The van der Waals surface area contributed by atoms with E-state index in [1.807, 2.05) is 30.3 Å². The van der Waals surface area contributed by atoms with E-state index in [-0.39, 0.29) is 0 Å². The maximum Gasteiger partial charge on any atom is 0.127 e. The number of rotatable bonds is 4. The first kappa shape index (κ1) is 16.4. The molecule has 0 spiro atoms. The molecule has 0 N–H and O–H groups in total. The minimum absolute atomic E-state index is 0.722. The molecule has 2 aromatic rings. The zero-order valence-electron chi connectivity index (χ0n) is 13.8. The van der Waals surface area contributed by atoms with Gasteiger partial charge in [0.25, 0.3) is 0 Å². The highest BCUT2D eigenvalue weighted by molar-refractivity contribution is 6.30. The summed E-state index contributed by atoms with van der Waals surface area (Å²) in [5.41, 5.74) is 1.30. The van der Waals surface area contributed by atoms with Gasteiger partial charge in [-0.05, 0) is 60.2 Å². The fourth-order valence-electron chi connectivity index (χ4n) is 3.53. The molecule has 1 aliphatic heterocycles. The molecule has 0 aliphatic carbocycles. The molecular formula is C20H24ClNO. The highest BCUT2D eigenvalue weighted by atomic mass is 35.5. The summed E-state index contributed by atoms with van der Waals surface area (Å²) in [4.78, 5) is 2.56. The van der Waals surface area contributed by atoms with Gasteiger partial charge in [0.1, 0.15) is 11.5 Å². The number of likely N-dealkylation sites (tertiary alicyclic amines) is 1. The van der Waals surface area contributed by atoms with Gasteiger partial charge in [0.05, 0.1) is 0 Å². The van der Waals surface area contributed by atoms with Crippen LogP contribution in [0.15, 0.2) is 48.5 Å². The molecule has 2 nitrogen and oxygen atoms in total. The third-order valence-corrected chi connectivity index (χ3v) is 4.55. The van der Waals surface area contributed by atoms with E-state index < -0.39 is 0 Å². The van der Waals surface area contributed by atoms with E-state index in [0.717, 1.165) is 34.9 Å². The molecule has 0 unspecified atom stereocenters. The third-order valence-electron chi connectivity index (χ3n) is 4.30. The molecule has 2 aromatic carbocycles. The van der Waals surface area contributed by atoms with Crippen molar-refractivity contribution < 1.29 is 4.74 Å². The molecule has 3 rings (SSSR count). The van der Waals surface area contributed by atoms with Crippen molar-refractivity contribution >= 4 is 11.6 Å². The van der Waals surface area contributed by atoms with Gasteiger partial charge in [-0.25, -0.2) is 0 Å². The topological polar surface area (TPSA) is 12.5 Å². The van der Waals surface area contributed by atoms with Crippen molar-refractivity contribution in [2.45, 2.75) is 26.8 Å². The minimum Gasteiger partial charge on any atom is -0.457 e. The van der Waals surface area contributed by atoms with Gasteiger partial charge in [0.2, 0.25) is 0 Å². The summed E-state index contributed by atoms with van der Waals surface area (Å²) < 4.78 is 5.93. The van der Waals surface area contributed by atoms with Crippen LogP contribution in [0.25, 0.3) is 0 Å². The molecule has 0 radical (unpaired) electrons. The normalized spacial score (nSPS) is 22.0. The van der Waals surface area contributed by atoms with Gasteiger partial charge in [-0.15, -0.1) is 0 Å². The molecule has 1 heterocycles. The van der Waals surface area contributed by atoms with E-state index in [4.69, 9.17) is 16.3 Å². The van der Waals surface area contributed by atoms with Crippen LogP contribution in [-0.2, 0) is 6.54 Å². The highest BCUT2D eigenvalue weighted by Crippen LogP contribution is 2.26. The molecule has 0 saturated carbocycles. The average molecular weight is 330 g/mol. The first-order chi connectivity index (χ1) is 11.1. The number of benzene rings is 2. The van der Waals surface area contributed by atoms with Crippen LogP contribution in [0.3, 0.4) is 0 Å². The van der Waals surface area contributed by atoms with E-state index in [9.17, 15) is 0 Å². The number of halogens is 1. The zero-order valence-corrected chi connectivity index (χ0v) is 14.6. The lowest BCUT2D eigenvalue weighted by atomic mass is 9.91. The van der Waals surface area contributed by atoms with Gasteiger partial charge in [-0.1, -0.05) is 37.6 Å². The first-order valence-electron chi connectivity index (χ1n) is 8.33. The van der Waals surface area contributed by atoms with Gasteiger partial charge in [0, 0.05) is 24.7 Å². The Balaban J connectivity index is 1.66. The molecule has 0 aromatic heterocycles. The van der Waals surface area contributed by atoms with Crippen molar-refractivity contribution in [2.75, 3.05) is 13.1 Å². The van der Waals surface area contributed by atoms with E-state index >= 15 is 0 Å². The smallest absolute Gasteiger partial charge is 0.127 e. The SMILES string of the molecule is C[C@@H]1C[C@@H](C)CN(Cc2cccc(Oc3ccc(Cl)cc3)c2)C1. The quantitative estimate of drug-likeness (QED) is 0.722. The van der Waals surface area contributed by atoms with Crippen molar-refractivity contribution in [1.29, 1.82) is 0 Å². The molecule has 2 atom stereocenters. The van der Waals surface area contributed by atoms with Gasteiger partial charge in [-0.3, -0.25) is 4.90 Å². The number of hydrogen-bond acceptors (Lipinski definition) is 2. The van der Waals surface area contributed by atoms with Crippen LogP contribution in [0.5, 0.6) is 11.5 Å². The van der Waals surface area contributed by atoms with Crippen LogP contribution >= 0.6 is 11.6 Å². The summed E-state index contributed by atoms with van der Waals surface area (Å²) >= 11 is 5.91. The predicted molar refractivity (Wildman–Crippen MR) is 96.2 cm³/mol. The molecule has 1 aliphatic rings. The lowest BCUT2D eigenvalue weighted by Crippen LogP contribution is -2.38. The third kappa shape index (κ3) is 4.73. The molecule has 23 heavy (non-hydrogen) atoms. The largest absolute Gasteiger partial charge is 0.457 e. The van der Waals surface area contributed by atoms with Crippen LogP contribution in [0, 0.1) is 11.8 Å². The Morgan fingerprint density at radius 1 is 1.00 bits per heavy atom. The lowest BCUT2D eigenvalue weighted by Gasteiger charge is -2.35. The molecule has 0 bridgehead atoms. The Labute approximate surface area is 144 Å². The van der Waals surface area contributed by atoms with Crippen molar-refractivity contribution in [3.05, 3.63) is 59.1 Å². The number of piperidine rings is 1. The Hall–Kier alpha value is -1.51. The Kier molecular flexibility index (Phi) is 5.24. The molecule has 1 fully saturated rings. The number of nitrogens with zero attached hydrogens (tertiary/aromatic N) is 1. The summed E-state index contributed by atoms with van der Waals surface area (Å²) in [7, 11) is 0. The van der Waals surface area contributed by atoms with Crippen LogP contribution < -0.4 is 4.74 Å². The van der Waals surface area contributed by atoms with Gasteiger partial charge < -0.3 is 4.74 Å². The van der Waals surface area contributed by atoms with Gasteiger partial charge >= 0.3 is 0 Å². The summed E-state index contributed by atoms with van der Waals surface area (Å²) in [5.74, 6) is 3.26. The molecule has 1 saturated heterocycles. The average Bonchev–Trinajstić information content (AvgIpc) is 2.49. The van der Waals surface area contributed by atoms with Crippen LogP contribution in [0.4, 0.5) is 0 Å². The van der Waals surface area contributed by atoms with Crippen LogP contribution in [0.1, 0.15) is 25.8 Å². The van der Waals surface area contributed by atoms with Gasteiger partial charge in [-0.2, -0.15) is 0 Å². The van der Waals surface area contributed by atoms with Crippen LogP contribution in [0.2, 0.25) is 5.02 Å². The van der Waals surface area contributed by atoms with Crippen molar-refractivity contribution in [2.24, 2.45) is 11.8 Å². The standard InChI is InChI=1S/C20H24ClNO/c1-15-10-16(2)13-22(12-15)14-17-4-3-5-20(11-17)23-19-8-6-18(21)7-9-19/h3-9,11,15-16H,10,12-14H2,1-2H3/t15-,16-/m1/s1. The van der Waals surface area contributed by atoms with Crippen molar-refractivity contribution in [3.63, 3.8) is 0 Å². The Bertz CT molecular complexity index is 630. The van der Waals surface area contributed by atoms with Gasteiger partial charge in [0.15, 0.2) is 0 Å². The molecule has 0 amide bonds. The summed E-state index contributed by atoms with van der Waals surface area (Å²) in [6.45, 7) is 8.07. The van der Waals surface area contributed by atoms with E-state index in [1.54, 1.807) is 0 Å². The maximum atomic E-state index is 5.93. The number of ether oxygens (including phenoxy) is 1. The minimum atomic E-state index is 0.722. The zero-order chi connectivity index (χ0) is 16.2. The van der Waals surface area contributed by atoms with Crippen molar-refractivity contribution in [1.82, 2.24) is 4.90 Å². The predicted octanol–water partition coefficient (Wildman–Crippen LogP) is 5.61. The fourth-order valence-corrected chi connectivity index (χ4v) is 3.65.